The largest absolute Gasteiger partial charge is 0.348 e. The van der Waals surface area contributed by atoms with Gasteiger partial charge in [0.2, 0.25) is 0 Å². The van der Waals surface area contributed by atoms with E-state index >= 15 is 0 Å². The normalized spacial score (nSPS) is 22.1. The maximum Gasteiger partial charge on any atom is 0.255 e. The fraction of sp³-hybridized carbons (Fsp3) is 0.636. The van der Waals surface area contributed by atoms with Gasteiger partial charge in [-0.2, -0.15) is 5.10 Å². The molecule has 0 aliphatic carbocycles. The second-order valence-electron chi connectivity index (χ2n) is 4.74. The Balaban J connectivity index is 2.14. The number of rotatable bonds is 2. The molecule has 0 radical (unpaired) electrons. The zero-order valence-electron chi connectivity index (χ0n) is 10.7. The molecule has 7 heteroatoms. The maximum atomic E-state index is 12.1. The van der Waals surface area contributed by atoms with Gasteiger partial charge in [0.1, 0.15) is 0 Å². The second kappa shape index (κ2) is 4.38. The Kier molecular flexibility index (Phi) is 3.18. The quantitative estimate of drug-likeness (QED) is 0.818. The second-order valence-corrected chi connectivity index (χ2v) is 6.97. The highest BCUT2D eigenvalue weighted by atomic mass is 32.2. The van der Waals surface area contributed by atoms with Crippen molar-refractivity contribution in [2.45, 2.75) is 26.3 Å². The fourth-order valence-corrected chi connectivity index (χ4v) is 3.94. The van der Waals surface area contributed by atoms with Crippen LogP contribution in [0.3, 0.4) is 0 Å². The van der Waals surface area contributed by atoms with Gasteiger partial charge in [-0.15, -0.1) is 0 Å². The lowest BCUT2D eigenvalue weighted by atomic mass is 10.1. The molecule has 0 spiro atoms. The van der Waals surface area contributed by atoms with E-state index in [2.05, 4.69) is 10.4 Å². The first-order chi connectivity index (χ1) is 8.30. The predicted molar refractivity (Wildman–Crippen MR) is 67.2 cm³/mol. The van der Waals surface area contributed by atoms with Crippen LogP contribution in [0.5, 0.6) is 0 Å². The molecule has 1 saturated heterocycles. The molecular formula is C11H17N3O3S. The third kappa shape index (κ3) is 2.40. The molecule has 0 bridgehead atoms. The summed E-state index contributed by atoms with van der Waals surface area (Å²) in [5, 5.41) is 6.95. The molecule has 1 atom stereocenters. The highest BCUT2D eigenvalue weighted by Crippen LogP contribution is 2.15. The van der Waals surface area contributed by atoms with E-state index in [0.29, 0.717) is 17.7 Å². The average molecular weight is 271 g/mol. The van der Waals surface area contributed by atoms with Crippen LogP contribution in [0.4, 0.5) is 0 Å². The van der Waals surface area contributed by atoms with E-state index in [1.54, 1.807) is 18.7 Å². The van der Waals surface area contributed by atoms with Crippen LogP contribution in [0.1, 0.15) is 28.2 Å². The van der Waals surface area contributed by atoms with Crippen molar-refractivity contribution in [1.82, 2.24) is 15.1 Å². The van der Waals surface area contributed by atoms with Crippen LogP contribution in [0.15, 0.2) is 0 Å². The molecule has 1 aliphatic rings. The molecule has 1 fully saturated rings. The molecule has 100 valence electrons. The number of aryl methyl sites for hydroxylation is 2. The Labute approximate surface area is 106 Å². The van der Waals surface area contributed by atoms with Gasteiger partial charge in [0, 0.05) is 18.8 Å². The van der Waals surface area contributed by atoms with Gasteiger partial charge in [-0.3, -0.25) is 9.48 Å². The predicted octanol–water partition coefficient (Wildman–Crippen LogP) is -0.0462. The minimum atomic E-state index is -2.97. The van der Waals surface area contributed by atoms with E-state index < -0.39 is 9.84 Å². The highest BCUT2D eigenvalue weighted by molar-refractivity contribution is 7.91. The van der Waals surface area contributed by atoms with E-state index in [4.69, 9.17) is 0 Å². The monoisotopic (exact) mass is 271 g/mol. The van der Waals surface area contributed by atoms with Crippen molar-refractivity contribution in [3.05, 3.63) is 17.0 Å². The van der Waals surface area contributed by atoms with E-state index in [1.165, 1.54) is 0 Å². The van der Waals surface area contributed by atoms with Crippen molar-refractivity contribution in [1.29, 1.82) is 0 Å². The standard InChI is InChI=1S/C11H17N3O3S/c1-7-10(8(2)14(3)13-7)11(15)12-9-4-5-18(16,17)6-9/h9H,4-6H2,1-3H3,(H,12,15)/t9-/m0/s1. The Morgan fingerprint density at radius 2 is 2.11 bits per heavy atom. The van der Waals surface area contributed by atoms with Gasteiger partial charge in [-0.1, -0.05) is 0 Å². The third-order valence-electron chi connectivity index (χ3n) is 3.30. The van der Waals surface area contributed by atoms with Crippen LogP contribution in [0.2, 0.25) is 0 Å². The highest BCUT2D eigenvalue weighted by Gasteiger charge is 2.30. The van der Waals surface area contributed by atoms with Gasteiger partial charge in [0.15, 0.2) is 9.84 Å². The van der Waals surface area contributed by atoms with Gasteiger partial charge in [0.05, 0.1) is 22.8 Å². The Hall–Kier alpha value is -1.37. The average Bonchev–Trinajstić information content (AvgIpc) is 2.68. The van der Waals surface area contributed by atoms with Crippen LogP contribution in [0, 0.1) is 13.8 Å². The molecule has 0 saturated carbocycles. The molecule has 6 nitrogen and oxygen atoms in total. The van der Waals surface area contributed by atoms with E-state index in [-0.39, 0.29) is 23.5 Å². The van der Waals surface area contributed by atoms with Crippen molar-refractivity contribution in [3.8, 4) is 0 Å². The summed E-state index contributed by atoms with van der Waals surface area (Å²) in [6.07, 6.45) is 0.492. The Morgan fingerprint density at radius 1 is 1.44 bits per heavy atom. The summed E-state index contributed by atoms with van der Waals surface area (Å²) < 4.78 is 24.3. The van der Waals surface area contributed by atoms with Gasteiger partial charge in [0.25, 0.3) is 5.91 Å². The first-order valence-electron chi connectivity index (χ1n) is 5.81. The number of carbonyl (C=O) groups excluding carboxylic acids is 1. The van der Waals surface area contributed by atoms with Crippen molar-refractivity contribution < 1.29 is 13.2 Å². The van der Waals surface area contributed by atoms with Crippen molar-refractivity contribution >= 4 is 15.7 Å². The number of aromatic nitrogens is 2. The van der Waals surface area contributed by atoms with E-state index in [9.17, 15) is 13.2 Å². The minimum absolute atomic E-state index is 0.0388. The summed E-state index contributed by atoms with van der Waals surface area (Å²) >= 11 is 0. The summed E-state index contributed by atoms with van der Waals surface area (Å²) in [6.45, 7) is 3.59. The summed E-state index contributed by atoms with van der Waals surface area (Å²) in [7, 11) is -1.20. The van der Waals surface area contributed by atoms with Crippen LogP contribution in [-0.4, -0.2) is 41.7 Å². The maximum absolute atomic E-state index is 12.1. The smallest absolute Gasteiger partial charge is 0.255 e. The number of hydrogen-bond acceptors (Lipinski definition) is 4. The van der Waals surface area contributed by atoms with E-state index in [0.717, 1.165) is 5.69 Å². The zero-order valence-corrected chi connectivity index (χ0v) is 11.5. The fourth-order valence-electron chi connectivity index (χ4n) is 2.27. The molecule has 1 aromatic rings. The summed E-state index contributed by atoms with van der Waals surface area (Å²) in [4.78, 5) is 12.1. The van der Waals surface area contributed by atoms with Crippen LogP contribution < -0.4 is 5.32 Å². The lowest BCUT2D eigenvalue weighted by molar-refractivity contribution is 0.0940. The van der Waals surface area contributed by atoms with Gasteiger partial charge >= 0.3 is 0 Å². The van der Waals surface area contributed by atoms with Crippen molar-refractivity contribution in [3.63, 3.8) is 0 Å². The number of sulfone groups is 1. The summed E-state index contributed by atoms with van der Waals surface area (Å²) in [5.74, 6) is -0.0414. The minimum Gasteiger partial charge on any atom is -0.348 e. The van der Waals surface area contributed by atoms with Gasteiger partial charge in [-0.05, 0) is 20.3 Å². The molecule has 2 rings (SSSR count). The summed E-state index contributed by atoms with van der Waals surface area (Å²) in [5.41, 5.74) is 1.99. The SMILES string of the molecule is Cc1nn(C)c(C)c1C(=O)N[C@H]1CCS(=O)(=O)C1. The number of hydrogen-bond donors (Lipinski definition) is 1. The molecule has 1 aromatic heterocycles. The third-order valence-corrected chi connectivity index (χ3v) is 5.07. The molecule has 1 N–H and O–H groups in total. The summed E-state index contributed by atoms with van der Waals surface area (Å²) in [6, 6.07) is -0.276. The number of amides is 1. The number of nitrogens with one attached hydrogen (secondary N) is 1. The molecule has 1 aliphatic heterocycles. The zero-order chi connectivity index (χ0) is 13.5. The van der Waals surface area contributed by atoms with Crippen molar-refractivity contribution in [2.75, 3.05) is 11.5 Å². The van der Waals surface area contributed by atoms with Crippen LogP contribution in [-0.2, 0) is 16.9 Å². The van der Waals surface area contributed by atoms with Gasteiger partial charge in [-0.25, -0.2) is 8.42 Å². The van der Waals surface area contributed by atoms with Crippen LogP contribution >= 0.6 is 0 Å². The topological polar surface area (TPSA) is 81.1 Å². The molecular weight excluding hydrogens is 254 g/mol. The molecule has 1 amide bonds. The first kappa shape index (κ1) is 13.1. The Morgan fingerprint density at radius 3 is 2.56 bits per heavy atom. The molecule has 18 heavy (non-hydrogen) atoms. The van der Waals surface area contributed by atoms with E-state index in [1.807, 2.05) is 6.92 Å². The van der Waals surface area contributed by atoms with Crippen molar-refractivity contribution in [2.24, 2.45) is 7.05 Å². The number of nitrogens with zero attached hydrogens (tertiary/aromatic N) is 2. The first-order valence-corrected chi connectivity index (χ1v) is 7.64. The number of carbonyl (C=O) groups is 1. The lowest BCUT2D eigenvalue weighted by Gasteiger charge is -2.10. The van der Waals surface area contributed by atoms with Gasteiger partial charge < -0.3 is 5.32 Å². The molecule has 0 aromatic carbocycles. The molecule has 0 unspecified atom stereocenters. The Bertz CT molecular complexity index is 589. The van der Waals surface area contributed by atoms with Crippen LogP contribution in [0.25, 0.3) is 0 Å². The molecule has 2 heterocycles. The lowest BCUT2D eigenvalue weighted by Crippen LogP contribution is -2.36.